The van der Waals surface area contributed by atoms with E-state index in [1.54, 1.807) is 6.20 Å². The van der Waals surface area contributed by atoms with Gasteiger partial charge in [-0.05, 0) is 45.8 Å². The van der Waals surface area contributed by atoms with Crippen LogP contribution >= 0.6 is 15.9 Å². The number of benzene rings is 1. The monoisotopic (exact) mass is 311 g/mol. The van der Waals surface area contributed by atoms with Gasteiger partial charge in [0.15, 0.2) is 0 Å². The molecule has 2 aromatic heterocycles. The summed E-state index contributed by atoms with van der Waals surface area (Å²) >= 11 is 3.55. The Bertz CT molecular complexity index is 769. The van der Waals surface area contributed by atoms with Crippen LogP contribution in [0.1, 0.15) is 11.1 Å². The summed E-state index contributed by atoms with van der Waals surface area (Å²) in [6, 6.07) is 11.9. The standard InChI is InChI=1S/C15H10BrN3/c16-14-10-19(9-12-2-1-5-18-8-12)15-4-3-11(7-17)6-13(14)15/h1-6,8,10H,9H2. The van der Waals surface area contributed by atoms with E-state index in [0.717, 1.165) is 27.5 Å². The largest absolute Gasteiger partial charge is 0.342 e. The van der Waals surface area contributed by atoms with Gasteiger partial charge < -0.3 is 4.57 Å². The Hall–Kier alpha value is -2.12. The molecule has 3 nitrogen and oxygen atoms in total. The molecule has 3 rings (SSSR count). The van der Waals surface area contributed by atoms with Crippen molar-refractivity contribution in [2.75, 3.05) is 0 Å². The van der Waals surface area contributed by atoms with Gasteiger partial charge in [0.1, 0.15) is 0 Å². The molecule has 3 aromatic rings. The zero-order valence-corrected chi connectivity index (χ0v) is 11.6. The Kier molecular flexibility index (Phi) is 3.06. The van der Waals surface area contributed by atoms with E-state index in [2.05, 4.69) is 37.6 Å². The molecule has 0 aliphatic carbocycles. The average molecular weight is 312 g/mol. The predicted octanol–water partition coefficient (Wildman–Crippen LogP) is 3.72. The second-order valence-corrected chi connectivity index (χ2v) is 5.16. The minimum absolute atomic E-state index is 0.673. The molecular weight excluding hydrogens is 302 g/mol. The van der Waals surface area contributed by atoms with Crippen molar-refractivity contribution in [2.45, 2.75) is 6.54 Å². The minimum atomic E-state index is 0.673. The van der Waals surface area contributed by atoms with Gasteiger partial charge in [-0.1, -0.05) is 6.07 Å². The van der Waals surface area contributed by atoms with Crippen LogP contribution in [0.15, 0.2) is 53.4 Å². The number of fused-ring (bicyclic) bond motifs is 1. The van der Waals surface area contributed by atoms with Gasteiger partial charge in [0, 0.05) is 40.5 Å². The van der Waals surface area contributed by atoms with Crippen molar-refractivity contribution in [3.05, 3.63) is 64.5 Å². The molecule has 0 aliphatic heterocycles. The van der Waals surface area contributed by atoms with E-state index in [0.29, 0.717) is 5.56 Å². The molecule has 0 radical (unpaired) electrons. The number of hydrogen-bond donors (Lipinski definition) is 0. The molecule has 2 heterocycles. The van der Waals surface area contributed by atoms with Crippen LogP contribution in [0.2, 0.25) is 0 Å². The quantitative estimate of drug-likeness (QED) is 0.724. The lowest BCUT2D eigenvalue weighted by Gasteiger charge is -2.04. The number of pyridine rings is 1. The maximum Gasteiger partial charge on any atom is 0.0991 e. The van der Waals surface area contributed by atoms with Gasteiger partial charge in [-0.15, -0.1) is 0 Å². The smallest absolute Gasteiger partial charge is 0.0991 e. The molecule has 0 amide bonds. The van der Waals surface area contributed by atoms with Gasteiger partial charge in [0.25, 0.3) is 0 Å². The van der Waals surface area contributed by atoms with Crippen LogP contribution < -0.4 is 0 Å². The number of nitriles is 1. The molecule has 92 valence electrons. The number of aromatic nitrogens is 2. The van der Waals surface area contributed by atoms with Crippen LogP contribution in [0.5, 0.6) is 0 Å². The Morgan fingerprint density at radius 3 is 2.95 bits per heavy atom. The van der Waals surface area contributed by atoms with Crippen LogP contribution in [0.25, 0.3) is 10.9 Å². The molecule has 0 spiro atoms. The third kappa shape index (κ3) is 2.25. The summed E-state index contributed by atoms with van der Waals surface area (Å²) in [5, 5.41) is 10.0. The van der Waals surface area contributed by atoms with Crippen molar-refractivity contribution in [1.82, 2.24) is 9.55 Å². The third-order valence-electron chi connectivity index (χ3n) is 3.04. The van der Waals surface area contributed by atoms with Gasteiger partial charge in [-0.3, -0.25) is 4.98 Å². The zero-order chi connectivity index (χ0) is 13.2. The summed E-state index contributed by atoms with van der Waals surface area (Å²) < 4.78 is 3.15. The van der Waals surface area contributed by atoms with Gasteiger partial charge in [-0.2, -0.15) is 5.26 Å². The first kappa shape index (κ1) is 11.9. The van der Waals surface area contributed by atoms with Gasteiger partial charge in [0.05, 0.1) is 11.6 Å². The fraction of sp³-hybridized carbons (Fsp3) is 0.0667. The second-order valence-electron chi connectivity index (χ2n) is 4.31. The van der Waals surface area contributed by atoms with Crippen LogP contribution in [-0.4, -0.2) is 9.55 Å². The van der Waals surface area contributed by atoms with Crippen molar-refractivity contribution < 1.29 is 0 Å². The lowest BCUT2D eigenvalue weighted by Crippen LogP contribution is -1.97. The zero-order valence-electron chi connectivity index (χ0n) is 10.0. The molecule has 0 atom stereocenters. The van der Waals surface area contributed by atoms with Gasteiger partial charge in [0.2, 0.25) is 0 Å². The van der Waals surface area contributed by atoms with Crippen molar-refractivity contribution in [3.8, 4) is 6.07 Å². The predicted molar refractivity (Wildman–Crippen MR) is 77.7 cm³/mol. The van der Waals surface area contributed by atoms with Crippen LogP contribution in [0, 0.1) is 11.3 Å². The first-order valence-corrected chi connectivity index (χ1v) is 6.64. The third-order valence-corrected chi connectivity index (χ3v) is 3.67. The highest BCUT2D eigenvalue weighted by atomic mass is 79.9. The summed E-state index contributed by atoms with van der Waals surface area (Å²) in [6.07, 6.45) is 5.68. The molecule has 0 N–H and O–H groups in total. The van der Waals surface area contributed by atoms with Crippen molar-refractivity contribution in [3.63, 3.8) is 0 Å². The Morgan fingerprint density at radius 1 is 1.32 bits per heavy atom. The minimum Gasteiger partial charge on any atom is -0.342 e. The maximum atomic E-state index is 8.95. The first-order chi connectivity index (χ1) is 9.28. The fourth-order valence-electron chi connectivity index (χ4n) is 2.14. The first-order valence-electron chi connectivity index (χ1n) is 5.85. The summed E-state index contributed by atoms with van der Waals surface area (Å²) in [7, 11) is 0. The SMILES string of the molecule is N#Cc1ccc2c(c1)c(Br)cn2Cc1cccnc1. The molecule has 0 saturated heterocycles. The summed E-state index contributed by atoms with van der Waals surface area (Å²) in [5.74, 6) is 0. The fourth-order valence-corrected chi connectivity index (χ4v) is 2.71. The number of hydrogen-bond acceptors (Lipinski definition) is 2. The normalized spacial score (nSPS) is 10.5. The maximum absolute atomic E-state index is 8.95. The van der Waals surface area contributed by atoms with Crippen LogP contribution in [-0.2, 0) is 6.54 Å². The lowest BCUT2D eigenvalue weighted by atomic mass is 10.2. The van der Waals surface area contributed by atoms with E-state index in [1.807, 2.05) is 36.7 Å². The lowest BCUT2D eigenvalue weighted by molar-refractivity contribution is 0.830. The van der Waals surface area contributed by atoms with Crippen molar-refractivity contribution in [1.29, 1.82) is 5.26 Å². The Balaban J connectivity index is 2.08. The Labute approximate surface area is 119 Å². The molecule has 0 aliphatic rings. The van der Waals surface area contributed by atoms with Crippen LogP contribution in [0.3, 0.4) is 0 Å². The van der Waals surface area contributed by atoms with E-state index in [1.165, 1.54) is 0 Å². The second kappa shape index (κ2) is 4.87. The van der Waals surface area contributed by atoms with E-state index >= 15 is 0 Å². The van der Waals surface area contributed by atoms with E-state index in [9.17, 15) is 0 Å². The molecule has 0 unspecified atom stereocenters. The van der Waals surface area contributed by atoms with E-state index < -0.39 is 0 Å². The van der Waals surface area contributed by atoms with Crippen LogP contribution in [0.4, 0.5) is 0 Å². The topological polar surface area (TPSA) is 41.6 Å². The van der Waals surface area contributed by atoms with E-state index in [4.69, 9.17) is 5.26 Å². The molecule has 19 heavy (non-hydrogen) atoms. The average Bonchev–Trinajstić information content (AvgIpc) is 2.76. The molecule has 0 fully saturated rings. The molecule has 1 aromatic carbocycles. The highest BCUT2D eigenvalue weighted by molar-refractivity contribution is 9.10. The van der Waals surface area contributed by atoms with Crippen molar-refractivity contribution >= 4 is 26.8 Å². The number of nitrogens with zero attached hydrogens (tertiary/aromatic N) is 3. The van der Waals surface area contributed by atoms with Gasteiger partial charge >= 0.3 is 0 Å². The molecular formula is C15H10BrN3. The van der Waals surface area contributed by atoms with Gasteiger partial charge in [-0.25, -0.2) is 0 Å². The summed E-state index contributed by atoms with van der Waals surface area (Å²) in [5.41, 5.74) is 2.93. The summed E-state index contributed by atoms with van der Waals surface area (Å²) in [6.45, 7) is 0.766. The molecule has 4 heteroatoms. The highest BCUT2D eigenvalue weighted by Crippen LogP contribution is 2.27. The van der Waals surface area contributed by atoms with Crippen molar-refractivity contribution in [2.24, 2.45) is 0 Å². The Morgan fingerprint density at radius 2 is 2.21 bits per heavy atom. The molecule has 0 bridgehead atoms. The number of rotatable bonds is 2. The molecule has 0 saturated carbocycles. The summed E-state index contributed by atoms with van der Waals surface area (Å²) in [4.78, 5) is 4.13. The van der Waals surface area contributed by atoms with E-state index in [-0.39, 0.29) is 0 Å². The highest BCUT2D eigenvalue weighted by Gasteiger charge is 2.07. The number of halogens is 1.